The smallest absolute Gasteiger partial charge is 0.276 e. The second kappa shape index (κ2) is 7.62. The van der Waals surface area contributed by atoms with Crippen LogP contribution in [0.2, 0.25) is 5.02 Å². The first-order chi connectivity index (χ1) is 13.8. The van der Waals surface area contributed by atoms with Crippen LogP contribution in [0.25, 0.3) is 5.69 Å². The van der Waals surface area contributed by atoms with Crippen LogP contribution in [0, 0.1) is 0 Å². The van der Waals surface area contributed by atoms with Crippen molar-refractivity contribution in [3.05, 3.63) is 76.6 Å². The van der Waals surface area contributed by atoms with E-state index in [1.807, 2.05) is 30.3 Å². The Labute approximate surface area is 174 Å². The lowest BCUT2D eigenvalue weighted by atomic mass is 9.99. The molecule has 1 aliphatic rings. The van der Waals surface area contributed by atoms with Gasteiger partial charge in [0.2, 0.25) is 10.0 Å². The molecule has 0 aliphatic carbocycles. The Hall–Kier alpha value is -2.68. The molecule has 0 bridgehead atoms. The van der Waals surface area contributed by atoms with Gasteiger partial charge in [-0.1, -0.05) is 29.8 Å². The lowest BCUT2D eigenvalue weighted by Gasteiger charge is -2.28. The van der Waals surface area contributed by atoms with E-state index >= 15 is 0 Å². The highest BCUT2D eigenvalue weighted by atomic mass is 35.5. The minimum absolute atomic E-state index is 0.274. The molecular weight excluding hydrogens is 412 g/mol. The lowest BCUT2D eigenvalue weighted by molar-refractivity contribution is 0.102. The number of hydrogen-bond donors (Lipinski definition) is 1. The number of amides is 1. The highest BCUT2D eigenvalue weighted by Gasteiger charge is 2.25. The van der Waals surface area contributed by atoms with Gasteiger partial charge in [0.25, 0.3) is 5.91 Å². The fourth-order valence-corrected chi connectivity index (χ4v) is 4.36. The van der Waals surface area contributed by atoms with E-state index in [1.165, 1.54) is 10.6 Å². The number of aromatic nitrogens is 2. The fourth-order valence-electron chi connectivity index (χ4n) is 3.38. The SMILES string of the molecule is CS(=O)(=O)N1CCc2c(cccc2NC(=O)c2ccn(-c3cccc(Cl)c3)n2)C1. The van der Waals surface area contributed by atoms with Gasteiger partial charge in [0.1, 0.15) is 0 Å². The van der Waals surface area contributed by atoms with E-state index < -0.39 is 10.0 Å². The van der Waals surface area contributed by atoms with Crippen LogP contribution in [0.15, 0.2) is 54.7 Å². The summed E-state index contributed by atoms with van der Waals surface area (Å²) in [6.45, 7) is 0.698. The lowest BCUT2D eigenvalue weighted by Crippen LogP contribution is -2.35. The number of carbonyl (C=O) groups excluding carboxylic acids is 1. The van der Waals surface area contributed by atoms with E-state index in [0.717, 1.165) is 16.8 Å². The second-order valence-corrected chi connectivity index (χ2v) is 9.29. The van der Waals surface area contributed by atoms with Gasteiger partial charge in [-0.3, -0.25) is 4.79 Å². The van der Waals surface area contributed by atoms with E-state index in [9.17, 15) is 13.2 Å². The first kappa shape index (κ1) is 19.6. The maximum absolute atomic E-state index is 12.7. The summed E-state index contributed by atoms with van der Waals surface area (Å²) in [5, 5.41) is 7.83. The summed E-state index contributed by atoms with van der Waals surface area (Å²) in [5.41, 5.74) is 3.56. The molecule has 0 unspecified atom stereocenters. The summed E-state index contributed by atoms with van der Waals surface area (Å²) in [6, 6.07) is 14.3. The van der Waals surface area contributed by atoms with Crippen LogP contribution in [0.4, 0.5) is 5.69 Å². The maximum atomic E-state index is 12.7. The highest BCUT2D eigenvalue weighted by molar-refractivity contribution is 7.88. The van der Waals surface area contributed by atoms with E-state index in [0.29, 0.717) is 30.2 Å². The third-order valence-corrected chi connectivity index (χ3v) is 6.33. The number of hydrogen-bond acceptors (Lipinski definition) is 4. The number of carbonyl (C=O) groups is 1. The average molecular weight is 431 g/mol. The minimum Gasteiger partial charge on any atom is -0.320 e. The van der Waals surface area contributed by atoms with Crippen LogP contribution in [0.1, 0.15) is 21.6 Å². The molecule has 150 valence electrons. The van der Waals surface area contributed by atoms with Gasteiger partial charge in [0, 0.05) is 30.0 Å². The topological polar surface area (TPSA) is 84.3 Å². The van der Waals surface area contributed by atoms with Gasteiger partial charge in [-0.25, -0.2) is 13.1 Å². The molecule has 2 aromatic carbocycles. The summed E-state index contributed by atoms with van der Waals surface area (Å²) in [7, 11) is -3.25. The van der Waals surface area contributed by atoms with Gasteiger partial charge in [-0.05, 0) is 47.9 Å². The van der Waals surface area contributed by atoms with Crippen LogP contribution < -0.4 is 5.32 Å². The zero-order valence-electron chi connectivity index (χ0n) is 15.7. The Morgan fingerprint density at radius 2 is 1.97 bits per heavy atom. The number of sulfonamides is 1. The van der Waals surface area contributed by atoms with Gasteiger partial charge in [0.15, 0.2) is 5.69 Å². The number of nitrogens with one attached hydrogen (secondary N) is 1. The number of rotatable bonds is 4. The van der Waals surface area contributed by atoms with Crippen LogP contribution in [-0.2, 0) is 23.0 Å². The van der Waals surface area contributed by atoms with Gasteiger partial charge in [0.05, 0.1) is 11.9 Å². The average Bonchev–Trinajstić information content (AvgIpc) is 3.17. The van der Waals surface area contributed by atoms with E-state index in [2.05, 4.69) is 10.4 Å². The molecule has 4 rings (SSSR count). The summed E-state index contributed by atoms with van der Waals surface area (Å²) >= 11 is 6.02. The normalized spacial score (nSPS) is 14.4. The van der Waals surface area contributed by atoms with Gasteiger partial charge in [-0.15, -0.1) is 0 Å². The number of halogens is 1. The zero-order chi connectivity index (χ0) is 20.6. The molecule has 3 aromatic rings. The molecule has 0 spiro atoms. The summed E-state index contributed by atoms with van der Waals surface area (Å²) < 4.78 is 26.7. The van der Waals surface area contributed by atoms with E-state index in [1.54, 1.807) is 29.1 Å². The molecule has 1 N–H and O–H groups in total. The van der Waals surface area contributed by atoms with E-state index in [-0.39, 0.29) is 11.6 Å². The van der Waals surface area contributed by atoms with Crippen molar-refractivity contribution < 1.29 is 13.2 Å². The predicted octanol–water partition coefficient (Wildman–Crippen LogP) is 3.10. The van der Waals surface area contributed by atoms with Crippen molar-refractivity contribution in [1.29, 1.82) is 0 Å². The van der Waals surface area contributed by atoms with Crippen molar-refractivity contribution in [2.24, 2.45) is 0 Å². The van der Waals surface area contributed by atoms with Crippen molar-refractivity contribution in [3.63, 3.8) is 0 Å². The Kier molecular flexibility index (Phi) is 5.16. The highest BCUT2D eigenvalue weighted by Crippen LogP contribution is 2.27. The molecular formula is C20H19ClN4O3S. The van der Waals surface area contributed by atoms with Crippen molar-refractivity contribution in [2.75, 3.05) is 18.1 Å². The number of nitrogens with zero attached hydrogens (tertiary/aromatic N) is 3. The summed E-state index contributed by atoms with van der Waals surface area (Å²) in [6.07, 6.45) is 3.45. The fraction of sp³-hybridized carbons (Fsp3) is 0.200. The van der Waals surface area contributed by atoms with Gasteiger partial charge >= 0.3 is 0 Å². The Balaban J connectivity index is 1.55. The Bertz CT molecular complexity index is 1190. The van der Waals surface area contributed by atoms with Crippen molar-refractivity contribution in [2.45, 2.75) is 13.0 Å². The summed E-state index contributed by atoms with van der Waals surface area (Å²) in [4.78, 5) is 12.7. The molecule has 0 saturated heterocycles. The molecule has 0 atom stereocenters. The summed E-state index contributed by atoms with van der Waals surface area (Å²) in [5.74, 6) is -0.329. The third kappa shape index (κ3) is 4.19. The molecule has 0 saturated carbocycles. The van der Waals surface area contributed by atoms with Crippen LogP contribution in [-0.4, -0.2) is 41.2 Å². The largest absolute Gasteiger partial charge is 0.320 e. The quantitative estimate of drug-likeness (QED) is 0.689. The first-order valence-electron chi connectivity index (χ1n) is 9.00. The van der Waals surface area contributed by atoms with Crippen LogP contribution in [0.3, 0.4) is 0 Å². The number of benzene rings is 2. The Morgan fingerprint density at radius 1 is 1.17 bits per heavy atom. The van der Waals surface area contributed by atoms with Crippen molar-refractivity contribution in [1.82, 2.24) is 14.1 Å². The molecule has 1 aromatic heterocycles. The molecule has 9 heteroatoms. The first-order valence-corrected chi connectivity index (χ1v) is 11.2. The van der Waals surface area contributed by atoms with Gasteiger partial charge < -0.3 is 5.32 Å². The molecule has 1 amide bonds. The third-order valence-electron chi connectivity index (χ3n) is 4.84. The predicted molar refractivity (Wildman–Crippen MR) is 112 cm³/mol. The molecule has 29 heavy (non-hydrogen) atoms. The molecule has 1 aliphatic heterocycles. The maximum Gasteiger partial charge on any atom is 0.276 e. The molecule has 7 nitrogen and oxygen atoms in total. The molecule has 0 radical (unpaired) electrons. The number of anilines is 1. The molecule has 2 heterocycles. The minimum atomic E-state index is -3.25. The standard InChI is InChI=1S/C20H19ClN4O3S/c1-29(27,28)24-10-8-17-14(13-24)4-2-7-18(17)22-20(26)19-9-11-25(23-19)16-6-3-5-15(21)12-16/h2-7,9,11-12H,8,10,13H2,1H3,(H,22,26). The molecule has 0 fully saturated rings. The van der Waals surface area contributed by atoms with Crippen LogP contribution >= 0.6 is 11.6 Å². The van der Waals surface area contributed by atoms with Crippen molar-refractivity contribution in [3.8, 4) is 5.69 Å². The number of fused-ring (bicyclic) bond motifs is 1. The second-order valence-electron chi connectivity index (χ2n) is 6.87. The monoisotopic (exact) mass is 430 g/mol. The zero-order valence-corrected chi connectivity index (χ0v) is 17.2. The Morgan fingerprint density at radius 3 is 2.72 bits per heavy atom. The van der Waals surface area contributed by atoms with E-state index in [4.69, 9.17) is 11.6 Å². The van der Waals surface area contributed by atoms with Crippen molar-refractivity contribution >= 4 is 33.2 Å². The van der Waals surface area contributed by atoms with Crippen LogP contribution in [0.5, 0.6) is 0 Å². The van der Waals surface area contributed by atoms with Gasteiger partial charge in [-0.2, -0.15) is 9.40 Å².